The third-order valence-electron chi connectivity index (χ3n) is 4.45. The molecule has 1 heterocycles. The Balaban J connectivity index is 0.00000312. The number of nitrogens with one attached hydrogen (secondary N) is 2. The molecular weight excluding hydrogens is 434 g/mol. The largest absolute Gasteiger partial charge is 0.505 e. The van der Waals surface area contributed by atoms with Gasteiger partial charge in [0.15, 0.2) is 17.5 Å². The van der Waals surface area contributed by atoms with Crippen molar-refractivity contribution < 1.29 is 9.50 Å². The summed E-state index contributed by atoms with van der Waals surface area (Å²) in [4.78, 5) is 6.77. The van der Waals surface area contributed by atoms with Crippen LogP contribution >= 0.6 is 24.0 Å². The van der Waals surface area contributed by atoms with Crippen LogP contribution in [0.15, 0.2) is 23.2 Å². The van der Waals surface area contributed by atoms with E-state index >= 15 is 0 Å². The van der Waals surface area contributed by atoms with Crippen molar-refractivity contribution in [1.82, 2.24) is 15.5 Å². The van der Waals surface area contributed by atoms with Crippen LogP contribution in [0.2, 0.25) is 0 Å². The molecule has 0 bridgehead atoms. The van der Waals surface area contributed by atoms with Gasteiger partial charge in [-0.05, 0) is 43.5 Å². The number of halogens is 2. The predicted molar refractivity (Wildman–Crippen MR) is 111 cm³/mol. The highest BCUT2D eigenvalue weighted by Gasteiger charge is 2.19. The lowest BCUT2D eigenvalue weighted by Crippen LogP contribution is -2.48. The van der Waals surface area contributed by atoms with Gasteiger partial charge in [0.2, 0.25) is 0 Å². The molecule has 2 rings (SSSR count). The average Bonchev–Trinajstić information content (AvgIpc) is 2.60. The SMILES string of the molecule is CCCCN1CCC(NC(=NC)NCc2ccc(O)c(F)c2)CC1.I. The molecule has 1 aliphatic heterocycles. The summed E-state index contributed by atoms with van der Waals surface area (Å²) in [5.41, 5.74) is 0.766. The van der Waals surface area contributed by atoms with E-state index in [0.717, 1.165) is 37.5 Å². The van der Waals surface area contributed by atoms with Gasteiger partial charge in [0, 0.05) is 32.7 Å². The fraction of sp³-hybridized carbons (Fsp3) is 0.611. The van der Waals surface area contributed by atoms with Gasteiger partial charge in [-0.1, -0.05) is 19.4 Å². The first-order valence-electron chi connectivity index (χ1n) is 8.79. The van der Waals surface area contributed by atoms with Crippen molar-refractivity contribution in [3.8, 4) is 5.75 Å². The topological polar surface area (TPSA) is 59.9 Å². The Bertz CT molecular complexity index is 548. The van der Waals surface area contributed by atoms with Gasteiger partial charge < -0.3 is 20.6 Å². The van der Waals surface area contributed by atoms with E-state index in [1.54, 1.807) is 13.1 Å². The second kappa shape index (κ2) is 11.5. The van der Waals surface area contributed by atoms with E-state index in [0.29, 0.717) is 12.6 Å². The number of hydrogen-bond donors (Lipinski definition) is 3. The fourth-order valence-electron chi connectivity index (χ4n) is 2.92. The first-order valence-corrected chi connectivity index (χ1v) is 8.79. The normalized spacial score (nSPS) is 16.4. The highest BCUT2D eigenvalue weighted by molar-refractivity contribution is 14.0. The third-order valence-corrected chi connectivity index (χ3v) is 4.45. The number of nitrogens with zero attached hydrogens (tertiary/aromatic N) is 2. The van der Waals surface area contributed by atoms with E-state index in [1.165, 1.54) is 31.5 Å². The Morgan fingerprint density at radius 2 is 2.08 bits per heavy atom. The molecule has 0 spiro atoms. The maximum absolute atomic E-state index is 13.4. The number of benzene rings is 1. The second-order valence-electron chi connectivity index (χ2n) is 6.33. The van der Waals surface area contributed by atoms with Crippen LogP contribution in [0.4, 0.5) is 4.39 Å². The summed E-state index contributed by atoms with van der Waals surface area (Å²) in [5.74, 6) is -0.191. The number of rotatable bonds is 6. The van der Waals surface area contributed by atoms with Crippen molar-refractivity contribution in [3.05, 3.63) is 29.6 Å². The zero-order valence-corrected chi connectivity index (χ0v) is 17.4. The van der Waals surface area contributed by atoms with Crippen LogP contribution in [0, 0.1) is 5.82 Å². The van der Waals surface area contributed by atoms with E-state index in [1.807, 2.05) is 0 Å². The number of guanidine groups is 1. The molecule has 1 aliphatic rings. The van der Waals surface area contributed by atoms with Crippen molar-refractivity contribution in [3.63, 3.8) is 0 Å². The molecule has 0 amide bonds. The third kappa shape index (κ3) is 7.35. The molecule has 0 saturated carbocycles. The minimum atomic E-state index is -0.600. The molecule has 142 valence electrons. The van der Waals surface area contributed by atoms with E-state index in [4.69, 9.17) is 0 Å². The lowest BCUT2D eigenvalue weighted by molar-refractivity contribution is 0.203. The molecule has 5 nitrogen and oxygen atoms in total. The number of aliphatic imine (C=N–C) groups is 1. The van der Waals surface area contributed by atoms with Gasteiger partial charge in [0.25, 0.3) is 0 Å². The van der Waals surface area contributed by atoms with E-state index < -0.39 is 5.82 Å². The summed E-state index contributed by atoms with van der Waals surface area (Å²) in [6, 6.07) is 4.83. The van der Waals surface area contributed by atoms with Crippen LogP contribution in [0.5, 0.6) is 5.75 Å². The summed E-state index contributed by atoms with van der Waals surface area (Å²) in [5, 5.41) is 15.9. The molecule has 0 atom stereocenters. The molecule has 0 radical (unpaired) electrons. The van der Waals surface area contributed by atoms with Crippen LogP contribution in [-0.4, -0.2) is 48.7 Å². The summed E-state index contributed by atoms with van der Waals surface area (Å²) in [7, 11) is 1.74. The van der Waals surface area contributed by atoms with Crippen molar-refractivity contribution in [2.75, 3.05) is 26.7 Å². The average molecular weight is 464 g/mol. The number of unbranched alkanes of at least 4 members (excludes halogenated alkanes) is 1. The van der Waals surface area contributed by atoms with Crippen molar-refractivity contribution in [2.45, 2.75) is 45.2 Å². The number of phenolic OH excluding ortho intramolecular Hbond substituents is 1. The van der Waals surface area contributed by atoms with Gasteiger partial charge in [0.05, 0.1) is 0 Å². The molecule has 1 aromatic rings. The highest BCUT2D eigenvalue weighted by Crippen LogP contribution is 2.16. The molecule has 1 saturated heterocycles. The second-order valence-corrected chi connectivity index (χ2v) is 6.33. The van der Waals surface area contributed by atoms with E-state index in [2.05, 4.69) is 27.4 Å². The van der Waals surface area contributed by atoms with Gasteiger partial charge in [0.1, 0.15) is 0 Å². The van der Waals surface area contributed by atoms with Crippen LogP contribution in [0.1, 0.15) is 38.2 Å². The highest BCUT2D eigenvalue weighted by atomic mass is 127. The van der Waals surface area contributed by atoms with E-state index in [-0.39, 0.29) is 29.7 Å². The summed E-state index contributed by atoms with van der Waals surface area (Å²) in [6.07, 6.45) is 4.73. The molecule has 7 heteroatoms. The van der Waals surface area contributed by atoms with Crippen LogP contribution < -0.4 is 10.6 Å². The molecule has 0 unspecified atom stereocenters. The van der Waals surface area contributed by atoms with Gasteiger partial charge >= 0.3 is 0 Å². The lowest BCUT2D eigenvalue weighted by atomic mass is 10.0. The Morgan fingerprint density at radius 3 is 2.68 bits per heavy atom. The Hall–Kier alpha value is -1.09. The number of hydrogen-bond acceptors (Lipinski definition) is 3. The number of piperidine rings is 1. The van der Waals surface area contributed by atoms with Crippen molar-refractivity contribution >= 4 is 29.9 Å². The van der Waals surface area contributed by atoms with Crippen LogP contribution in [-0.2, 0) is 6.54 Å². The van der Waals surface area contributed by atoms with Gasteiger partial charge in [-0.25, -0.2) is 4.39 Å². The van der Waals surface area contributed by atoms with Gasteiger partial charge in [-0.3, -0.25) is 4.99 Å². The molecular formula is C18H30FIN4O. The predicted octanol–water partition coefficient (Wildman–Crippen LogP) is 3.08. The smallest absolute Gasteiger partial charge is 0.191 e. The first-order chi connectivity index (χ1) is 11.6. The first kappa shape index (κ1) is 22.0. The minimum absolute atomic E-state index is 0. The van der Waals surface area contributed by atoms with Gasteiger partial charge in [-0.2, -0.15) is 0 Å². The molecule has 3 N–H and O–H groups in total. The minimum Gasteiger partial charge on any atom is -0.505 e. The van der Waals surface area contributed by atoms with Gasteiger partial charge in [-0.15, -0.1) is 24.0 Å². The fourth-order valence-corrected chi connectivity index (χ4v) is 2.92. The Kier molecular flexibility index (Phi) is 10.1. The van der Waals surface area contributed by atoms with Crippen LogP contribution in [0.3, 0.4) is 0 Å². The number of aromatic hydroxyl groups is 1. The Labute approximate surface area is 167 Å². The summed E-state index contributed by atoms with van der Waals surface area (Å²) in [6.45, 7) is 6.13. The Morgan fingerprint density at radius 1 is 1.36 bits per heavy atom. The summed E-state index contributed by atoms with van der Waals surface area (Å²) < 4.78 is 13.4. The molecule has 0 aliphatic carbocycles. The molecule has 25 heavy (non-hydrogen) atoms. The van der Waals surface area contributed by atoms with Crippen LogP contribution in [0.25, 0.3) is 0 Å². The van der Waals surface area contributed by atoms with E-state index in [9.17, 15) is 9.50 Å². The van der Waals surface area contributed by atoms with Crippen molar-refractivity contribution in [1.29, 1.82) is 0 Å². The zero-order valence-electron chi connectivity index (χ0n) is 15.1. The number of phenols is 1. The monoisotopic (exact) mass is 464 g/mol. The maximum Gasteiger partial charge on any atom is 0.191 e. The molecule has 0 aromatic heterocycles. The molecule has 1 fully saturated rings. The number of likely N-dealkylation sites (tertiary alicyclic amines) is 1. The quantitative estimate of drug-likeness (QED) is 0.344. The van der Waals surface area contributed by atoms with Crippen molar-refractivity contribution in [2.24, 2.45) is 4.99 Å². The summed E-state index contributed by atoms with van der Waals surface area (Å²) >= 11 is 0. The maximum atomic E-state index is 13.4. The lowest BCUT2D eigenvalue weighted by Gasteiger charge is -2.33. The molecule has 1 aromatic carbocycles. The standard InChI is InChI=1S/C18H29FN4O.HI/c1-3-4-9-23-10-7-15(8-11-23)22-18(20-2)21-13-14-5-6-17(24)16(19)12-14;/h5-6,12,15,24H,3-4,7-11,13H2,1-2H3,(H2,20,21,22);1H. The zero-order chi connectivity index (χ0) is 17.4.